The smallest absolute Gasteiger partial charge is 0.342 e. The van der Waals surface area contributed by atoms with E-state index in [1.54, 1.807) is 30.4 Å². The molecule has 0 saturated carbocycles. The third-order valence-corrected chi connectivity index (χ3v) is 4.03. The highest BCUT2D eigenvalue weighted by Gasteiger charge is 2.23. The molecule has 2 N–H and O–H groups in total. The number of carbonyl (C=O) groups excluding carboxylic acids is 2. The van der Waals surface area contributed by atoms with Gasteiger partial charge in [-0.05, 0) is 35.9 Å². The highest BCUT2D eigenvalue weighted by molar-refractivity contribution is 6.05. The van der Waals surface area contributed by atoms with Gasteiger partial charge in [0.15, 0.2) is 6.61 Å². The summed E-state index contributed by atoms with van der Waals surface area (Å²) in [5.41, 5.74) is 6.78. The maximum absolute atomic E-state index is 13.1. The summed E-state index contributed by atoms with van der Waals surface area (Å²) in [6, 6.07) is 9.53. The van der Waals surface area contributed by atoms with Crippen LogP contribution < -0.4 is 10.5 Å². The minimum absolute atomic E-state index is 0.0655. The number of nitrogens with two attached hydrogens (primary N) is 1. The number of rotatable bonds is 5. The molecular weight excluding hydrogens is 379 g/mol. The maximum atomic E-state index is 13.1. The number of nitrogens with zero attached hydrogens (tertiary/aromatic N) is 3. The fourth-order valence-corrected chi connectivity index (χ4v) is 2.79. The van der Waals surface area contributed by atoms with E-state index in [2.05, 4.69) is 5.10 Å². The predicted octanol–water partition coefficient (Wildman–Crippen LogP) is 2.96. The van der Waals surface area contributed by atoms with Crippen LogP contribution >= 0.6 is 0 Å². The lowest BCUT2D eigenvalue weighted by molar-refractivity contribution is 0.0551. The molecule has 0 fully saturated rings. The fourth-order valence-electron chi connectivity index (χ4n) is 2.79. The van der Waals surface area contributed by atoms with E-state index in [1.807, 2.05) is 0 Å². The molecule has 0 aliphatic rings. The van der Waals surface area contributed by atoms with Crippen LogP contribution in [0.3, 0.4) is 0 Å². The van der Waals surface area contributed by atoms with E-state index in [4.69, 9.17) is 20.5 Å². The van der Waals surface area contributed by atoms with Crippen molar-refractivity contribution in [2.45, 2.75) is 0 Å². The summed E-state index contributed by atoms with van der Waals surface area (Å²) < 4.78 is 24.3. The normalized spacial score (nSPS) is 10.8. The molecule has 3 aromatic rings. The van der Waals surface area contributed by atoms with Crippen molar-refractivity contribution in [2.24, 2.45) is 5.73 Å². The summed E-state index contributed by atoms with van der Waals surface area (Å²) >= 11 is 0. The number of fused-ring (bicyclic) bond motifs is 1. The van der Waals surface area contributed by atoms with Crippen LogP contribution in [-0.4, -0.2) is 35.5 Å². The quantitative estimate of drug-likeness (QED) is 0.664. The van der Waals surface area contributed by atoms with Crippen molar-refractivity contribution < 1.29 is 23.5 Å². The highest BCUT2D eigenvalue weighted by atomic mass is 19.1. The SMILES string of the molecule is COc1c(C(=O)OCC#N)ccc2c1c(C=Cc1ccc(F)cc1)nn2C(N)=O. The van der Waals surface area contributed by atoms with E-state index in [9.17, 15) is 14.0 Å². The molecule has 1 amide bonds. The van der Waals surface area contributed by atoms with Crippen molar-refractivity contribution in [2.75, 3.05) is 13.7 Å². The Morgan fingerprint density at radius 3 is 2.59 bits per heavy atom. The first-order valence-electron chi connectivity index (χ1n) is 8.33. The Labute approximate surface area is 164 Å². The molecule has 0 unspecified atom stereocenters. The molecule has 0 aliphatic carbocycles. The molecule has 3 rings (SSSR count). The van der Waals surface area contributed by atoms with Crippen molar-refractivity contribution >= 4 is 35.1 Å². The van der Waals surface area contributed by atoms with Crippen molar-refractivity contribution in [3.05, 3.63) is 59.0 Å². The Morgan fingerprint density at radius 2 is 1.97 bits per heavy atom. The van der Waals surface area contributed by atoms with Gasteiger partial charge >= 0.3 is 12.0 Å². The van der Waals surface area contributed by atoms with Crippen LogP contribution in [-0.2, 0) is 4.74 Å². The number of hydrogen-bond donors (Lipinski definition) is 1. The topological polar surface area (TPSA) is 120 Å². The van der Waals surface area contributed by atoms with Crippen LogP contribution in [0.4, 0.5) is 9.18 Å². The van der Waals surface area contributed by atoms with E-state index >= 15 is 0 Å². The molecule has 1 aromatic heterocycles. The van der Waals surface area contributed by atoms with Crippen molar-refractivity contribution in [1.82, 2.24) is 9.78 Å². The Balaban J connectivity index is 2.17. The van der Waals surface area contributed by atoms with Crippen LogP contribution in [0.2, 0.25) is 0 Å². The standard InChI is InChI=1S/C20H15FN4O4/c1-28-18-14(19(26)29-11-10-22)7-9-16-17(18)15(24-25(16)20(23)27)8-4-12-2-5-13(21)6-3-12/h2-9H,11H2,1H3,(H2,23,27). The van der Waals surface area contributed by atoms with Gasteiger partial charge in [0.25, 0.3) is 0 Å². The second-order valence-electron chi connectivity index (χ2n) is 5.79. The fraction of sp³-hybridized carbons (Fsp3) is 0.100. The lowest BCUT2D eigenvalue weighted by Gasteiger charge is -2.09. The van der Waals surface area contributed by atoms with E-state index in [0.29, 0.717) is 22.2 Å². The average Bonchev–Trinajstić information content (AvgIpc) is 3.10. The largest absolute Gasteiger partial charge is 0.495 e. The number of hydrogen-bond acceptors (Lipinski definition) is 6. The summed E-state index contributed by atoms with van der Waals surface area (Å²) in [6.45, 7) is -0.419. The number of halogens is 1. The van der Waals surface area contributed by atoms with Gasteiger partial charge in [-0.15, -0.1) is 0 Å². The molecule has 1 heterocycles. The molecule has 8 nitrogen and oxygen atoms in total. The summed E-state index contributed by atoms with van der Waals surface area (Å²) in [5.74, 6) is -1.00. The summed E-state index contributed by atoms with van der Waals surface area (Å²) in [4.78, 5) is 24.1. The second-order valence-corrected chi connectivity index (χ2v) is 5.79. The summed E-state index contributed by atoms with van der Waals surface area (Å²) in [7, 11) is 1.35. The molecule has 0 atom stereocenters. The Bertz CT molecular complexity index is 1160. The number of nitriles is 1. The number of carbonyl (C=O) groups is 2. The van der Waals surface area contributed by atoms with Crippen LogP contribution in [0, 0.1) is 17.1 Å². The highest BCUT2D eigenvalue weighted by Crippen LogP contribution is 2.34. The molecule has 29 heavy (non-hydrogen) atoms. The molecule has 0 saturated heterocycles. The third kappa shape index (κ3) is 3.91. The zero-order valence-electron chi connectivity index (χ0n) is 15.3. The van der Waals surface area contributed by atoms with Gasteiger partial charge in [0, 0.05) is 0 Å². The monoisotopic (exact) mass is 394 g/mol. The van der Waals surface area contributed by atoms with Gasteiger partial charge in [-0.25, -0.2) is 14.0 Å². The van der Waals surface area contributed by atoms with Crippen LogP contribution in [0.5, 0.6) is 5.75 Å². The predicted molar refractivity (Wildman–Crippen MR) is 102 cm³/mol. The molecule has 0 aliphatic heterocycles. The van der Waals surface area contributed by atoms with Gasteiger partial charge in [0.2, 0.25) is 0 Å². The Kier molecular flexibility index (Phi) is 5.55. The first-order valence-corrected chi connectivity index (χ1v) is 8.33. The minimum Gasteiger partial charge on any atom is -0.495 e. The zero-order chi connectivity index (χ0) is 21.0. The Hall–Kier alpha value is -4.19. The van der Waals surface area contributed by atoms with Crippen molar-refractivity contribution in [1.29, 1.82) is 5.26 Å². The number of amides is 1. The summed E-state index contributed by atoms with van der Waals surface area (Å²) in [6.07, 6.45) is 3.24. The average molecular weight is 394 g/mol. The van der Waals surface area contributed by atoms with E-state index in [1.165, 1.54) is 31.4 Å². The number of benzene rings is 2. The van der Waals surface area contributed by atoms with E-state index in [-0.39, 0.29) is 17.1 Å². The van der Waals surface area contributed by atoms with Gasteiger partial charge in [0.05, 0.1) is 23.7 Å². The zero-order valence-corrected chi connectivity index (χ0v) is 15.3. The Morgan fingerprint density at radius 1 is 1.24 bits per heavy atom. The molecule has 146 valence electrons. The number of aromatic nitrogens is 2. The molecular formula is C20H15FN4O4. The number of primary amides is 1. The van der Waals surface area contributed by atoms with Gasteiger partial charge in [-0.3, -0.25) is 0 Å². The lowest BCUT2D eigenvalue weighted by Crippen LogP contribution is -2.20. The van der Waals surface area contributed by atoms with Gasteiger partial charge in [-0.1, -0.05) is 18.2 Å². The molecule has 0 spiro atoms. The van der Waals surface area contributed by atoms with Gasteiger partial charge in [-0.2, -0.15) is 15.0 Å². The minimum atomic E-state index is -0.821. The molecule has 0 radical (unpaired) electrons. The number of methoxy groups -OCH3 is 1. The van der Waals surface area contributed by atoms with Gasteiger partial charge < -0.3 is 15.2 Å². The van der Waals surface area contributed by atoms with Crippen molar-refractivity contribution in [3.63, 3.8) is 0 Å². The van der Waals surface area contributed by atoms with E-state index in [0.717, 1.165) is 4.68 Å². The first kappa shape index (κ1) is 19.6. The molecule has 0 bridgehead atoms. The summed E-state index contributed by atoms with van der Waals surface area (Å²) in [5, 5.41) is 13.2. The molecule has 2 aromatic carbocycles. The van der Waals surface area contributed by atoms with Crippen LogP contribution in [0.25, 0.3) is 23.1 Å². The van der Waals surface area contributed by atoms with Crippen LogP contribution in [0.15, 0.2) is 36.4 Å². The van der Waals surface area contributed by atoms with Gasteiger partial charge in [0.1, 0.15) is 23.2 Å². The lowest BCUT2D eigenvalue weighted by atomic mass is 10.1. The number of ether oxygens (including phenoxy) is 2. The first-order chi connectivity index (χ1) is 14.0. The third-order valence-electron chi connectivity index (χ3n) is 4.03. The second kappa shape index (κ2) is 8.22. The van der Waals surface area contributed by atoms with Crippen LogP contribution in [0.1, 0.15) is 21.6 Å². The maximum Gasteiger partial charge on any atom is 0.342 e. The molecule has 9 heteroatoms. The van der Waals surface area contributed by atoms with E-state index < -0.39 is 18.6 Å². The van der Waals surface area contributed by atoms with Crippen molar-refractivity contribution in [3.8, 4) is 11.8 Å². The number of esters is 1.